The maximum Gasteiger partial charge on any atom is 0.145 e. The molecule has 3 nitrogen and oxygen atoms in total. The Morgan fingerprint density at radius 3 is 2.37 bits per heavy atom. The second-order valence-corrected chi connectivity index (χ2v) is 4.89. The Balaban J connectivity index is 2.21. The van der Waals surface area contributed by atoms with Gasteiger partial charge in [0.25, 0.3) is 0 Å². The van der Waals surface area contributed by atoms with E-state index in [2.05, 4.69) is 24.9 Å². The molecule has 2 rings (SSSR count). The Morgan fingerprint density at radius 1 is 1.05 bits per heavy atom. The second-order valence-electron chi connectivity index (χ2n) is 4.89. The number of rotatable bonds is 4. The van der Waals surface area contributed by atoms with E-state index in [1.54, 1.807) is 19.2 Å². The lowest BCUT2D eigenvalue weighted by molar-refractivity contribution is 0.194. The Morgan fingerprint density at radius 2 is 1.79 bits per heavy atom. The summed E-state index contributed by atoms with van der Waals surface area (Å²) in [6.07, 6.45) is 1.08. The molecule has 0 aliphatic heterocycles. The topological polar surface area (TPSA) is 42.4 Å². The lowest BCUT2D eigenvalue weighted by Gasteiger charge is -2.13. The van der Waals surface area contributed by atoms with E-state index < -0.39 is 6.10 Å². The number of ether oxygens (including phenoxy) is 1. The van der Waals surface area contributed by atoms with E-state index in [0.29, 0.717) is 17.4 Å². The van der Waals surface area contributed by atoms with Gasteiger partial charge in [0.2, 0.25) is 0 Å². The molecule has 2 aromatic rings. The van der Waals surface area contributed by atoms with E-state index >= 15 is 0 Å². The van der Waals surface area contributed by atoms with E-state index in [1.165, 1.54) is 5.56 Å². The fraction of sp³-hybridized carbons (Fsp3) is 0.312. The van der Waals surface area contributed by atoms with E-state index in [0.717, 1.165) is 5.75 Å². The fourth-order valence-electron chi connectivity index (χ4n) is 1.88. The van der Waals surface area contributed by atoms with Crippen LogP contribution in [-0.4, -0.2) is 10.1 Å². The van der Waals surface area contributed by atoms with Crippen molar-refractivity contribution in [3.8, 4) is 11.5 Å². The van der Waals surface area contributed by atoms with Gasteiger partial charge < -0.3 is 9.84 Å². The Hall–Kier alpha value is -1.87. The maximum absolute atomic E-state index is 9.42. The van der Waals surface area contributed by atoms with Crippen LogP contribution in [0.25, 0.3) is 0 Å². The van der Waals surface area contributed by atoms with Gasteiger partial charge in [-0.1, -0.05) is 32.0 Å². The largest absolute Gasteiger partial charge is 0.455 e. The molecule has 0 aliphatic rings. The zero-order chi connectivity index (χ0) is 13.8. The summed E-state index contributed by atoms with van der Waals surface area (Å²) in [5.41, 5.74) is 1.81. The molecule has 0 bridgehead atoms. The highest BCUT2D eigenvalue weighted by Gasteiger charge is 2.08. The number of benzene rings is 1. The van der Waals surface area contributed by atoms with Crippen molar-refractivity contribution < 1.29 is 9.84 Å². The summed E-state index contributed by atoms with van der Waals surface area (Å²) in [5.74, 6) is 1.93. The molecule has 100 valence electrons. The van der Waals surface area contributed by atoms with Crippen molar-refractivity contribution in [3.05, 3.63) is 53.9 Å². The minimum atomic E-state index is -0.558. The van der Waals surface area contributed by atoms with Crippen LogP contribution in [0.4, 0.5) is 0 Å². The molecule has 1 aromatic heterocycles. The first-order valence-electron chi connectivity index (χ1n) is 6.48. The first kappa shape index (κ1) is 13.6. The third-order valence-corrected chi connectivity index (χ3v) is 2.96. The third kappa shape index (κ3) is 3.32. The van der Waals surface area contributed by atoms with Crippen molar-refractivity contribution in [3.63, 3.8) is 0 Å². The molecular weight excluding hydrogens is 238 g/mol. The average Bonchev–Trinajstić information content (AvgIpc) is 2.39. The van der Waals surface area contributed by atoms with Gasteiger partial charge in [-0.25, -0.2) is 0 Å². The Labute approximate surface area is 113 Å². The zero-order valence-electron chi connectivity index (χ0n) is 11.5. The summed E-state index contributed by atoms with van der Waals surface area (Å²) in [4.78, 5) is 4.17. The smallest absolute Gasteiger partial charge is 0.145 e. The van der Waals surface area contributed by atoms with Gasteiger partial charge in [-0.15, -0.1) is 0 Å². The third-order valence-electron chi connectivity index (χ3n) is 2.96. The van der Waals surface area contributed by atoms with Gasteiger partial charge in [-0.05, 0) is 36.6 Å². The molecule has 1 atom stereocenters. The molecule has 0 spiro atoms. The van der Waals surface area contributed by atoms with Gasteiger partial charge >= 0.3 is 0 Å². The molecule has 19 heavy (non-hydrogen) atoms. The molecule has 0 amide bonds. The number of pyridine rings is 1. The minimum absolute atomic E-state index is 0.404. The van der Waals surface area contributed by atoms with Crippen LogP contribution in [-0.2, 0) is 0 Å². The Kier molecular flexibility index (Phi) is 4.17. The van der Waals surface area contributed by atoms with E-state index in [1.807, 2.05) is 24.3 Å². The minimum Gasteiger partial charge on any atom is -0.455 e. The summed E-state index contributed by atoms with van der Waals surface area (Å²) < 4.78 is 5.86. The number of hydrogen-bond acceptors (Lipinski definition) is 3. The van der Waals surface area contributed by atoms with Crippen molar-refractivity contribution in [2.24, 2.45) is 0 Å². The van der Waals surface area contributed by atoms with E-state index in [-0.39, 0.29) is 0 Å². The second kappa shape index (κ2) is 5.85. The van der Waals surface area contributed by atoms with Gasteiger partial charge in [-0.2, -0.15) is 0 Å². The number of para-hydroxylation sites is 1. The molecule has 3 heteroatoms. The molecule has 0 saturated carbocycles. The summed E-state index contributed by atoms with van der Waals surface area (Å²) >= 11 is 0. The van der Waals surface area contributed by atoms with Crippen LogP contribution in [0, 0.1) is 0 Å². The highest BCUT2D eigenvalue weighted by atomic mass is 16.5. The molecule has 0 aliphatic carbocycles. The fourth-order valence-corrected chi connectivity index (χ4v) is 1.88. The van der Waals surface area contributed by atoms with E-state index in [4.69, 9.17) is 4.74 Å². The maximum atomic E-state index is 9.42. The van der Waals surface area contributed by atoms with Crippen molar-refractivity contribution >= 4 is 0 Å². The molecule has 0 saturated heterocycles. The highest BCUT2D eigenvalue weighted by molar-refractivity contribution is 5.39. The van der Waals surface area contributed by atoms with Crippen LogP contribution in [0.2, 0.25) is 0 Å². The van der Waals surface area contributed by atoms with Crippen LogP contribution < -0.4 is 4.74 Å². The number of hydrogen-bond donors (Lipinski definition) is 1. The summed E-state index contributed by atoms with van der Waals surface area (Å²) in [6, 6.07) is 11.6. The monoisotopic (exact) mass is 257 g/mol. The average molecular weight is 257 g/mol. The first-order chi connectivity index (χ1) is 9.08. The highest BCUT2D eigenvalue weighted by Crippen LogP contribution is 2.30. The van der Waals surface area contributed by atoms with Gasteiger partial charge in [0, 0.05) is 0 Å². The lowest BCUT2D eigenvalue weighted by atomic mass is 10.0. The first-order valence-corrected chi connectivity index (χ1v) is 6.48. The van der Waals surface area contributed by atoms with Gasteiger partial charge in [-0.3, -0.25) is 4.98 Å². The van der Waals surface area contributed by atoms with Crippen LogP contribution in [0.1, 0.15) is 44.1 Å². The van der Waals surface area contributed by atoms with Gasteiger partial charge in [0.1, 0.15) is 11.5 Å². The SMILES string of the molecule is CC(C)c1ccccc1Oc1ccc([C@@H](C)O)nc1. The van der Waals surface area contributed by atoms with Crippen molar-refractivity contribution in [2.75, 3.05) is 0 Å². The standard InChI is InChI=1S/C16H19NO2/c1-11(2)14-6-4-5-7-16(14)19-13-8-9-15(12(3)18)17-10-13/h4-12,18H,1-3H3/t12-/m1/s1. The predicted octanol–water partition coefficient (Wildman–Crippen LogP) is 4.05. The molecule has 1 aromatic carbocycles. The summed E-state index contributed by atoms with van der Waals surface area (Å²) in [7, 11) is 0. The van der Waals surface area contributed by atoms with Gasteiger partial charge in [0.05, 0.1) is 18.0 Å². The van der Waals surface area contributed by atoms with E-state index in [9.17, 15) is 5.11 Å². The number of aliphatic hydroxyl groups excluding tert-OH is 1. The quantitative estimate of drug-likeness (QED) is 0.898. The number of aliphatic hydroxyl groups is 1. The van der Waals surface area contributed by atoms with Crippen molar-refractivity contribution in [1.29, 1.82) is 0 Å². The van der Waals surface area contributed by atoms with Crippen LogP contribution >= 0.6 is 0 Å². The lowest BCUT2D eigenvalue weighted by Crippen LogP contribution is -1.97. The van der Waals surface area contributed by atoms with Crippen LogP contribution in [0.15, 0.2) is 42.6 Å². The van der Waals surface area contributed by atoms with Crippen LogP contribution in [0.3, 0.4) is 0 Å². The Bertz CT molecular complexity index is 533. The van der Waals surface area contributed by atoms with Crippen LogP contribution in [0.5, 0.6) is 11.5 Å². The number of nitrogens with zero attached hydrogens (tertiary/aromatic N) is 1. The van der Waals surface area contributed by atoms with Crippen molar-refractivity contribution in [1.82, 2.24) is 4.98 Å². The number of aromatic nitrogens is 1. The molecule has 0 unspecified atom stereocenters. The molecule has 1 heterocycles. The van der Waals surface area contributed by atoms with Gasteiger partial charge in [0.15, 0.2) is 0 Å². The molecule has 0 radical (unpaired) electrons. The molecule has 0 fully saturated rings. The summed E-state index contributed by atoms with van der Waals surface area (Å²) in [5, 5.41) is 9.42. The normalized spacial score (nSPS) is 12.5. The molecule has 1 N–H and O–H groups in total. The van der Waals surface area contributed by atoms with Crippen molar-refractivity contribution in [2.45, 2.75) is 32.8 Å². The predicted molar refractivity (Wildman–Crippen MR) is 75.5 cm³/mol. The molecular formula is C16H19NO2. The zero-order valence-corrected chi connectivity index (χ0v) is 11.5. The summed E-state index contributed by atoms with van der Waals surface area (Å²) in [6.45, 7) is 5.96.